The Bertz CT molecular complexity index is 1020. The maximum Gasteiger partial charge on any atom is 0.316 e. The summed E-state index contributed by atoms with van der Waals surface area (Å²) in [4.78, 5) is 10.9. The van der Waals surface area contributed by atoms with Crippen LogP contribution in [-0.2, 0) is 6.42 Å². The summed E-state index contributed by atoms with van der Waals surface area (Å²) in [6.45, 7) is 0. The number of nitriles is 1. The number of nitrogens with one attached hydrogen (secondary N) is 1. The number of methoxy groups -OCH3 is 1. The summed E-state index contributed by atoms with van der Waals surface area (Å²) in [5.41, 5.74) is 8.39. The number of anilines is 1. The number of benzene rings is 3. The van der Waals surface area contributed by atoms with E-state index < -0.39 is 6.03 Å². The molecule has 0 saturated carbocycles. The first-order chi connectivity index (χ1) is 13.6. The molecular weight excluding hydrogens is 354 g/mol. The lowest BCUT2D eigenvalue weighted by atomic mass is 10.0. The fourth-order valence-corrected chi connectivity index (χ4v) is 2.75. The Kier molecular flexibility index (Phi) is 5.78. The number of urea groups is 1. The number of primary amides is 1. The molecule has 6 nitrogen and oxygen atoms in total. The van der Waals surface area contributed by atoms with Crippen molar-refractivity contribution in [2.24, 2.45) is 5.73 Å². The first kappa shape index (κ1) is 18.8. The van der Waals surface area contributed by atoms with Crippen LogP contribution in [0.4, 0.5) is 10.5 Å². The molecule has 3 aromatic carbocycles. The van der Waals surface area contributed by atoms with E-state index >= 15 is 0 Å². The Morgan fingerprint density at radius 1 is 1.04 bits per heavy atom. The Balaban J connectivity index is 1.80. The van der Waals surface area contributed by atoms with Crippen molar-refractivity contribution in [1.29, 1.82) is 5.26 Å². The van der Waals surface area contributed by atoms with Crippen LogP contribution in [0, 0.1) is 11.3 Å². The molecule has 3 aromatic rings. The SMILES string of the molecule is COc1ccc(Cc2ccc(NC(N)=O)cc2)cc1Oc1cccc(C#N)c1. The van der Waals surface area contributed by atoms with Crippen molar-refractivity contribution in [2.45, 2.75) is 6.42 Å². The molecule has 0 aliphatic heterocycles. The number of hydrogen-bond acceptors (Lipinski definition) is 4. The molecule has 0 atom stereocenters. The van der Waals surface area contributed by atoms with E-state index in [1.807, 2.05) is 30.3 Å². The number of rotatable bonds is 6. The van der Waals surface area contributed by atoms with Gasteiger partial charge in [0, 0.05) is 5.69 Å². The first-order valence-corrected chi connectivity index (χ1v) is 8.57. The molecule has 28 heavy (non-hydrogen) atoms. The number of amides is 2. The van der Waals surface area contributed by atoms with Gasteiger partial charge in [0.05, 0.1) is 18.7 Å². The van der Waals surface area contributed by atoms with E-state index in [9.17, 15) is 4.79 Å². The highest BCUT2D eigenvalue weighted by Gasteiger charge is 2.09. The van der Waals surface area contributed by atoms with E-state index in [1.54, 1.807) is 43.5 Å². The van der Waals surface area contributed by atoms with Gasteiger partial charge in [-0.15, -0.1) is 0 Å². The van der Waals surface area contributed by atoms with Gasteiger partial charge in [0.1, 0.15) is 5.75 Å². The van der Waals surface area contributed by atoms with Gasteiger partial charge in [-0.1, -0.05) is 24.3 Å². The van der Waals surface area contributed by atoms with Gasteiger partial charge in [-0.3, -0.25) is 0 Å². The van der Waals surface area contributed by atoms with Crippen LogP contribution in [0.1, 0.15) is 16.7 Å². The number of nitrogens with zero attached hydrogens (tertiary/aromatic N) is 1. The third kappa shape index (κ3) is 4.80. The van der Waals surface area contributed by atoms with Crippen molar-refractivity contribution in [3.8, 4) is 23.3 Å². The second-order valence-electron chi connectivity index (χ2n) is 6.09. The molecule has 0 aliphatic rings. The maximum atomic E-state index is 10.9. The van der Waals surface area contributed by atoms with Crippen LogP contribution in [0.15, 0.2) is 66.7 Å². The average Bonchev–Trinajstić information content (AvgIpc) is 2.69. The summed E-state index contributed by atoms with van der Waals surface area (Å²) >= 11 is 0. The van der Waals surface area contributed by atoms with Gasteiger partial charge in [0.25, 0.3) is 0 Å². The highest BCUT2D eigenvalue weighted by Crippen LogP contribution is 2.33. The van der Waals surface area contributed by atoms with Gasteiger partial charge in [-0.25, -0.2) is 4.79 Å². The number of hydrogen-bond donors (Lipinski definition) is 2. The molecule has 0 heterocycles. The number of nitrogens with two attached hydrogens (primary N) is 1. The second-order valence-corrected chi connectivity index (χ2v) is 6.09. The van der Waals surface area contributed by atoms with Crippen molar-refractivity contribution >= 4 is 11.7 Å². The Morgan fingerprint density at radius 3 is 2.46 bits per heavy atom. The smallest absolute Gasteiger partial charge is 0.316 e. The summed E-state index contributed by atoms with van der Waals surface area (Å²) in [7, 11) is 1.58. The molecule has 0 radical (unpaired) electrons. The summed E-state index contributed by atoms with van der Waals surface area (Å²) in [5, 5.41) is 11.6. The van der Waals surface area contributed by atoms with E-state index in [-0.39, 0.29) is 0 Å². The van der Waals surface area contributed by atoms with Gasteiger partial charge in [0.2, 0.25) is 0 Å². The van der Waals surface area contributed by atoms with E-state index in [1.165, 1.54) is 0 Å². The van der Waals surface area contributed by atoms with Crippen molar-refractivity contribution < 1.29 is 14.3 Å². The monoisotopic (exact) mass is 373 g/mol. The lowest BCUT2D eigenvalue weighted by Crippen LogP contribution is -2.19. The Hall–Kier alpha value is -3.98. The minimum atomic E-state index is -0.592. The summed E-state index contributed by atoms with van der Waals surface area (Å²) in [6, 6.07) is 21.6. The summed E-state index contributed by atoms with van der Waals surface area (Å²) < 4.78 is 11.3. The van der Waals surface area contributed by atoms with Crippen LogP contribution in [0.3, 0.4) is 0 Å². The van der Waals surface area contributed by atoms with Gasteiger partial charge >= 0.3 is 6.03 Å². The van der Waals surface area contributed by atoms with Crippen LogP contribution in [0.5, 0.6) is 17.2 Å². The third-order valence-corrected chi connectivity index (χ3v) is 4.05. The highest BCUT2D eigenvalue weighted by atomic mass is 16.5. The predicted molar refractivity (Wildman–Crippen MR) is 107 cm³/mol. The second kappa shape index (κ2) is 8.60. The van der Waals surface area contributed by atoms with E-state index in [0.29, 0.717) is 34.9 Å². The molecule has 3 N–H and O–H groups in total. The third-order valence-electron chi connectivity index (χ3n) is 4.05. The quantitative estimate of drug-likeness (QED) is 0.667. The molecular formula is C22H19N3O3. The zero-order chi connectivity index (χ0) is 19.9. The first-order valence-electron chi connectivity index (χ1n) is 8.57. The predicted octanol–water partition coefficient (Wildman–Crippen LogP) is 4.44. The maximum absolute atomic E-state index is 10.9. The lowest BCUT2D eigenvalue weighted by molar-refractivity contribution is 0.259. The van der Waals surface area contributed by atoms with Gasteiger partial charge in [0.15, 0.2) is 11.5 Å². The number of carbonyl (C=O) groups excluding carboxylic acids is 1. The fraction of sp³-hybridized carbons (Fsp3) is 0.0909. The molecule has 3 rings (SSSR count). The molecule has 140 valence electrons. The van der Waals surface area contributed by atoms with E-state index in [4.69, 9.17) is 20.5 Å². The molecule has 0 aromatic heterocycles. The van der Waals surface area contributed by atoms with Gasteiger partial charge < -0.3 is 20.5 Å². The van der Waals surface area contributed by atoms with E-state index in [2.05, 4.69) is 11.4 Å². The zero-order valence-electron chi connectivity index (χ0n) is 15.3. The molecule has 6 heteroatoms. The minimum Gasteiger partial charge on any atom is -0.493 e. The lowest BCUT2D eigenvalue weighted by Gasteiger charge is -2.12. The Morgan fingerprint density at radius 2 is 1.79 bits per heavy atom. The van der Waals surface area contributed by atoms with Crippen LogP contribution < -0.4 is 20.5 Å². The average molecular weight is 373 g/mol. The molecule has 0 unspecified atom stereocenters. The van der Waals surface area contributed by atoms with Crippen molar-refractivity contribution in [1.82, 2.24) is 0 Å². The highest BCUT2D eigenvalue weighted by molar-refractivity contribution is 5.87. The standard InChI is InChI=1S/C22H19N3O3/c1-27-20-10-7-16(11-15-5-8-18(9-6-15)25-22(24)26)13-21(20)28-19-4-2-3-17(12-19)14-23/h2-10,12-13H,11H2,1H3,(H3,24,25,26). The van der Waals surface area contributed by atoms with Crippen LogP contribution >= 0.6 is 0 Å². The molecule has 0 bridgehead atoms. The zero-order valence-corrected chi connectivity index (χ0v) is 15.3. The minimum absolute atomic E-state index is 0.525. The van der Waals surface area contributed by atoms with Crippen LogP contribution in [-0.4, -0.2) is 13.1 Å². The molecule has 0 spiro atoms. The molecule has 0 aliphatic carbocycles. The van der Waals surface area contributed by atoms with Gasteiger partial charge in [-0.05, 0) is 60.0 Å². The van der Waals surface area contributed by atoms with Crippen molar-refractivity contribution in [3.05, 3.63) is 83.4 Å². The normalized spacial score (nSPS) is 10.0. The Labute approximate surface area is 163 Å². The largest absolute Gasteiger partial charge is 0.493 e. The topological polar surface area (TPSA) is 97.4 Å². The number of carbonyl (C=O) groups is 1. The molecule has 0 fully saturated rings. The van der Waals surface area contributed by atoms with Crippen molar-refractivity contribution in [3.63, 3.8) is 0 Å². The van der Waals surface area contributed by atoms with Crippen molar-refractivity contribution in [2.75, 3.05) is 12.4 Å². The summed E-state index contributed by atoms with van der Waals surface area (Å²) in [6.07, 6.45) is 0.676. The molecule has 2 amide bonds. The van der Waals surface area contributed by atoms with E-state index in [0.717, 1.165) is 11.1 Å². The van der Waals surface area contributed by atoms with Crippen LogP contribution in [0.25, 0.3) is 0 Å². The fourth-order valence-electron chi connectivity index (χ4n) is 2.75. The van der Waals surface area contributed by atoms with Crippen LogP contribution in [0.2, 0.25) is 0 Å². The van der Waals surface area contributed by atoms with Gasteiger partial charge in [-0.2, -0.15) is 5.26 Å². The molecule has 0 saturated heterocycles. The number of ether oxygens (including phenoxy) is 2. The summed E-state index contributed by atoms with van der Waals surface area (Å²) in [5.74, 6) is 1.74.